The first-order chi connectivity index (χ1) is 19.2. The van der Waals surface area contributed by atoms with Crippen LogP contribution in [0, 0.1) is 16.8 Å². The zero-order valence-electron chi connectivity index (χ0n) is 22.1. The van der Waals surface area contributed by atoms with Crippen molar-refractivity contribution in [2.24, 2.45) is 0 Å². The lowest BCUT2D eigenvalue weighted by molar-refractivity contribution is -0.146. The van der Waals surface area contributed by atoms with E-state index in [1.165, 1.54) is 19.1 Å². The molecular weight excluding hydrogens is 539 g/mol. The summed E-state index contributed by atoms with van der Waals surface area (Å²) in [5.41, 5.74) is 3.76. The molecule has 0 aliphatic heterocycles. The first kappa shape index (κ1) is 27.7. The molecule has 1 fully saturated rings. The average molecular weight is 568 g/mol. The maximum atomic E-state index is 14.3. The second-order valence-corrected chi connectivity index (χ2v) is 10.9. The first-order valence-electron chi connectivity index (χ1n) is 13.1. The van der Waals surface area contributed by atoms with Gasteiger partial charge in [0.1, 0.15) is 17.7 Å². The van der Waals surface area contributed by atoms with Gasteiger partial charge in [0, 0.05) is 17.7 Å². The Balaban J connectivity index is 1.27. The van der Waals surface area contributed by atoms with Crippen LogP contribution in [0.1, 0.15) is 67.2 Å². The van der Waals surface area contributed by atoms with Crippen molar-refractivity contribution in [3.8, 4) is 0 Å². The van der Waals surface area contributed by atoms with Crippen LogP contribution in [0.25, 0.3) is 11.1 Å². The quantitative estimate of drug-likeness (QED) is 0.278. The summed E-state index contributed by atoms with van der Waals surface area (Å²) in [6.45, 7) is 3.64. The Morgan fingerprint density at radius 1 is 1.00 bits per heavy atom. The third-order valence-corrected chi connectivity index (χ3v) is 8.29. The summed E-state index contributed by atoms with van der Waals surface area (Å²) < 4.78 is 52.0. The minimum atomic E-state index is -0.981. The number of carbonyl (C=O) groups is 2. The fraction of sp³-hybridized carbons (Fsp3) is 0.290. The van der Waals surface area contributed by atoms with Crippen LogP contribution in [0.2, 0.25) is 0 Å². The van der Waals surface area contributed by atoms with Gasteiger partial charge in [-0.1, -0.05) is 36.4 Å². The summed E-state index contributed by atoms with van der Waals surface area (Å²) in [5.74, 6) is -1.72. The molecule has 0 saturated heterocycles. The predicted molar refractivity (Wildman–Crippen MR) is 148 cm³/mol. The summed E-state index contributed by atoms with van der Waals surface area (Å²) in [4.78, 5) is 25.5. The lowest BCUT2D eigenvalue weighted by Gasteiger charge is -2.18. The zero-order valence-corrected chi connectivity index (χ0v) is 22.9. The van der Waals surface area contributed by atoms with Gasteiger partial charge < -0.3 is 9.47 Å². The number of hydrogen-bond donors (Lipinski definition) is 1. The number of allylic oxidation sites excluding steroid dienone is 4. The molecule has 208 valence electrons. The van der Waals surface area contributed by atoms with E-state index in [1.54, 1.807) is 0 Å². The van der Waals surface area contributed by atoms with E-state index in [9.17, 15) is 22.8 Å². The van der Waals surface area contributed by atoms with Gasteiger partial charge in [0.2, 0.25) is 0 Å². The number of benzene rings is 2. The molecule has 0 bridgehead atoms. The Kier molecular flexibility index (Phi) is 7.85. The number of esters is 1. The highest BCUT2D eigenvalue weighted by Crippen LogP contribution is 2.49. The SMILES string of the molecule is CCOC(=O)C1(c2ccc(C3=CC=C(c4sc(F)cc4NC(=O)O[C@H](C)c4ccc(F)cc4F)CC3)cc2)CC1. The Labute approximate surface area is 234 Å². The first-order valence-corrected chi connectivity index (χ1v) is 13.9. The molecule has 1 amide bonds. The van der Waals surface area contributed by atoms with Crippen LogP contribution in [-0.2, 0) is 19.7 Å². The highest BCUT2D eigenvalue weighted by atomic mass is 32.1. The lowest BCUT2D eigenvalue weighted by Crippen LogP contribution is -2.23. The molecule has 1 heterocycles. The number of hydrogen-bond acceptors (Lipinski definition) is 5. The summed E-state index contributed by atoms with van der Waals surface area (Å²) >= 11 is 0.918. The molecule has 40 heavy (non-hydrogen) atoms. The van der Waals surface area contributed by atoms with Crippen LogP contribution in [0.5, 0.6) is 0 Å². The number of ether oxygens (including phenoxy) is 2. The van der Waals surface area contributed by atoms with Crippen molar-refractivity contribution >= 4 is 40.2 Å². The lowest BCUT2D eigenvalue weighted by atomic mass is 9.89. The van der Waals surface area contributed by atoms with Crippen molar-refractivity contribution < 1.29 is 32.2 Å². The van der Waals surface area contributed by atoms with E-state index < -0.39 is 34.4 Å². The smallest absolute Gasteiger partial charge is 0.412 e. The van der Waals surface area contributed by atoms with E-state index in [0.717, 1.165) is 58.6 Å². The van der Waals surface area contributed by atoms with E-state index in [1.807, 2.05) is 43.3 Å². The second-order valence-electron chi connectivity index (χ2n) is 9.90. The van der Waals surface area contributed by atoms with Crippen LogP contribution in [0.15, 0.2) is 60.7 Å². The number of halogens is 3. The van der Waals surface area contributed by atoms with Crippen molar-refractivity contribution in [3.05, 3.63) is 99.0 Å². The molecule has 1 aromatic heterocycles. The van der Waals surface area contributed by atoms with Crippen LogP contribution in [0.3, 0.4) is 0 Å². The van der Waals surface area contributed by atoms with E-state index in [2.05, 4.69) is 5.32 Å². The molecule has 0 spiro atoms. The fourth-order valence-corrected chi connectivity index (χ4v) is 5.86. The maximum absolute atomic E-state index is 14.3. The average Bonchev–Trinajstić information content (AvgIpc) is 3.66. The Bertz CT molecular complexity index is 1510. The molecular formula is C31H28F3NO4S. The van der Waals surface area contributed by atoms with Crippen LogP contribution in [-0.4, -0.2) is 18.7 Å². The van der Waals surface area contributed by atoms with Crippen LogP contribution in [0.4, 0.5) is 23.7 Å². The van der Waals surface area contributed by atoms with E-state index >= 15 is 0 Å². The number of amides is 1. The maximum Gasteiger partial charge on any atom is 0.412 e. The van der Waals surface area contributed by atoms with E-state index in [4.69, 9.17) is 9.47 Å². The van der Waals surface area contributed by atoms with Crippen molar-refractivity contribution in [2.75, 3.05) is 11.9 Å². The third-order valence-electron chi connectivity index (χ3n) is 7.29. The van der Waals surface area contributed by atoms with Crippen LogP contribution < -0.4 is 5.32 Å². The Morgan fingerprint density at radius 3 is 2.33 bits per heavy atom. The molecule has 0 unspecified atom stereocenters. The van der Waals surface area contributed by atoms with Crippen LogP contribution >= 0.6 is 11.3 Å². The molecule has 2 aromatic carbocycles. The molecule has 5 rings (SSSR count). The molecule has 2 aliphatic carbocycles. The molecule has 1 atom stereocenters. The highest BCUT2D eigenvalue weighted by Gasteiger charge is 2.52. The predicted octanol–water partition coefficient (Wildman–Crippen LogP) is 8.33. The number of carbonyl (C=O) groups excluding carboxylic acids is 2. The zero-order chi connectivity index (χ0) is 28.4. The van der Waals surface area contributed by atoms with Crippen molar-refractivity contribution in [1.82, 2.24) is 0 Å². The molecule has 5 nitrogen and oxygen atoms in total. The van der Waals surface area contributed by atoms with Gasteiger partial charge in [-0.05, 0) is 73.9 Å². The van der Waals surface area contributed by atoms with Gasteiger partial charge in [0.15, 0.2) is 5.13 Å². The van der Waals surface area contributed by atoms with Gasteiger partial charge in [-0.2, -0.15) is 4.39 Å². The number of thiophene rings is 1. The largest absolute Gasteiger partial charge is 0.465 e. The van der Waals surface area contributed by atoms with Crippen molar-refractivity contribution in [2.45, 2.75) is 51.0 Å². The van der Waals surface area contributed by atoms with Gasteiger partial charge in [-0.15, -0.1) is 11.3 Å². The number of anilines is 1. The summed E-state index contributed by atoms with van der Waals surface area (Å²) in [5, 5.41) is 2.09. The summed E-state index contributed by atoms with van der Waals surface area (Å²) in [6, 6.07) is 12.2. The Morgan fingerprint density at radius 2 is 1.70 bits per heavy atom. The van der Waals surface area contributed by atoms with Gasteiger partial charge in [-0.3, -0.25) is 10.1 Å². The molecule has 0 radical (unpaired) electrons. The third kappa shape index (κ3) is 5.70. The standard InChI is InChI=1S/C31H28F3NO4S/c1-3-38-29(36)31(14-15-31)22-10-8-20(9-11-22)19-4-6-21(7-5-19)28-26(17-27(34)40-28)35-30(37)39-18(2)24-13-12-23(32)16-25(24)33/h4,6,8-13,16-18H,3,5,7,14-15H2,1-2H3,(H,35,37)/t18-/m1/s1. The fourth-order valence-electron chi connectivity index (χ4n) is 4.96. The molecule has 3 aromatic rings. The van der Waals surface area contributed by atoms with Gasteiger partial charge in [-0.25, -0.2) is 13.6 Å². The van der Waals surface area contributed by atoms with E-state index in [0.29, 0.717) is 24.3 Å². The van der Waals surface area contributed by atoms with Gasteiger partial charge in [0.05, 0.1) is 22.6 Å². The summed E-state index contributed by atoms with van der Waals surface area (Å²) in [6.07, 6.45) is 4.95. The van der Waals surface area contributed by atoms with Gasteiger partial charge >= 0.3 is 12.1 Å². The van der Waals surface area contributed by atoms with Gasteiger partial charge in [0.25, 0.3) is 0 Å². The van der Waals surface area contributed by atoms with E-state index in [-0.39, 0.29) is 17.2 Å². The molecule has 2 aliphatic rings. The number of nitrogens with one attached hydrogen (secondary N) is 1. The topological polar surface area (TPSA) is 64.6 Å². The van der Waals surface area contributed by atoms with Crippen molar-refractivity contribution in [1.29, 1.82) is 0 Å². The molecule has 1 saturated carbocycles. The normalized spacial score (nSPS) is 16.4. The summed E-state index contributed by atoms with van der Waals surface area (Å²) in [7, 11) is 0. The molecule has 1 N–H and O–H groups in total. The highest BCUT2D eigenvalue weighted by molar-refractivity contribution is 7.12. The van der Waals surface area contributed by atoms with Crippen molar-refractivity contribution in [3.63, 3.8) is 0 Å². The monoisotopic (exact) mass is 567 g/mol. The minimum absolute atomic E-state index is 0.0298. The number of rotatable bonds is 8. The molecule has 9 heteroatoms. The minimum Gasteiger partial charge on any atom is -0.465 e. The second kappa shape index (κ2) is 11.3. The Hall–Kier alpha value is -3.85.